The lowest BCUT2D eigenvalue weighted by Gasteiger charge is -2.10. The van der Waals surface area contributed by atoms with E-state index in [-0.39, 0.29) is 16.9 Å². The predicted octanol–water partition coefficient (Wildman–Crippen LogP) is 3.14. The number of nitrogens with zero attached hydrogens (tertiary/aromatic N) is 1. The third kappa shape index (κ3) is 2.96. The van der Waals surface area contributed by atoms with Gasteiger partial charge in [-0.15, -0.1) is 0 Å². The van der Waals surface area contributed by atoms with Crippen LogP contribution < -0.4 is 5.73 Å². The molecule has 21 heavy (non-hydrogen) atoms. The Kier molecular flexibility index (Phi) is 3.84. The van der Waals surface area contributed by atoms with Gasteiger partial charge in [-0.2, -0.15) is 13.2 Å². The minimum absolute atomic E-state index is 0.0594. The molecule has 7 heteroatoms. The number of hydrogen-bond acceptors (Lipinski definition) is 4. The second-order valence-electron chi connectivity index (χ2n) is 4.19. The maximum absolute atomic E-state index is 12.5. The number of hydrogen-bond donors (Lipinski definition) is 1. The number of ether oxygens (including phenoxy) is 1. The lowest BCUT2D eigenvalue weighted by Crippen LogP contribution is -2.08. The lowest BCUT2D eigenvalue weighted by atomic mass is 10.0. The molecule has 1 aromatic carbocycles. The number of nitrogens with two attached hydrogens (primary N) is 1. The highest BCUT2D eigenvalue weighted by atomic mass is 19.4. The fourth-order valence-electron chi connectivity index (χ4n) is 1.81. The van der Waals surface area contributed by atoms with Crippen LogP contribution >= 0.6 is 0 Å². The molecule has 0 aliphatic carbocycles. The number of methoxy groups -OCH3 is 1. The summed E-state index contributed by atoms with van der Waals surface area (Å²) in [6, 6.07) is 5.75. The Morgan fingerprint density at radius 2 is 1.81 bits per heavy atom. The molecule has 2 rings (SSSR count). The van der Waals surface area contributed by atoms with E-state index in [1.807, 2.05) is 0 Å². The van der Waals surface area contributed by atoms with Crippen LogP contribution in [0.25, 0.3) is 11.3 Å². The molecule has 0 unspecified atom stereocenters. The lowest BCUT2D eigenvalue weighted by molar-refractivity contribution is -0.137. The number of alkyl halides is 3. The SMILES string of the molecule is COC(=O)c1ccnc(-c2ccc(C(F)(F)F)cc2)c1N. The molecule has 0 amide bonds. The van der Waals surface area contributed by atoms with Crippen LogP contribution in [0.5, 0.6) is 0 Å². The number of esters is 1. The quantitative estimate of drug-likeness (QED) is 0.865. The molecular formula is C14H11F3N2O2. The Balaban J connectivity index is 2.45. The van der Waals surface area contributed by atoms with Gasteiger partial charge in [-0.25, -0.2) is 4.79 Å². The van der Waals surface area contributed by atoms with Crippen molar-refractivity contribution in [1.82, 2.24) is 4.98 Å². The summed E-state index contributed by atoms with van der Waals surface area (Å²) in [6.45, 7) is 0. The van der Waals surface area contributed by atoms with Gasteiger partial charge in [0, 0.05) is 11.8 Å². The minimum atomic E-state index is -4.41. The molecule has 0 aliphatic rings. The molecule has 0 saturated carbocycles. The normalized spacial score (nSPS) is 11.2. The maximum atomic E-state index is 12.5. The number of benzene rings is 1. The number of nitrogen functional groups attached to an aromatic ring is 1. The molecule has 2 aromatic rings. The van der Waals surface area contributed by atoms with Crippen molar-refractivity contribution in [3.63, 3.8) is 0 Å². The van der Waals surface area contributed by atoms with Crippen LogP contribution in [0.15, 0.2) is 36.5 Å². The van der Waals surface area contributed by atoms with Gasteiger partial charge in [0.2, 0.25) is 0 Å². The van der Waals surface area contributed by atoms with Crippen LogP contribution in [-0.4, -0.2) is 18.1 Å². The Morgan fingerprint density at radius 1 is 1.19 bits per heavy atom. The van der Waals surface area contributed by atoms with Gasteiger partial charge in [-0.3, -0.25) is 4.98 Å². The van der Waals surface area contributed by atoms with E-state index in [0.29, 0.717) is 5.56 Å². The number of anilines is 1. The Bertz CT molecular complexity index is 667. The smallest absolute Gasteiger partial charge is 0.416 e. The minimum Gasteiger partial charge on any atom is -0.465 e. The fourth-order valence-corrected chi connectivity index (χ4v) is 1.81. The average molecular weight is 296 g/mol. The molecule has 0 fully saturated rings. The largest absolute Gasteiger partial charge is 0.465 e. The average Bonchev–Trinajstić information content (AvgIpc) is 2.46. The van der Waals surface area contributed by atoms with Crippen molar-refractivity contribution in [3.05, 3.63) is 47.7 Å². The van der Waals surface area contributed by atoms with E-state index in [4.69, 9.17) is 5.73 Å². The molecule has 2 N–H and O–H groups in total. The molecule has 0 aliphatic heterocycles. The number of carbonyl (C=O) groups excluding carboxylic acids is 1. The van der Waals surface area contributed by atoms with Gasteiger partial charge in [-0.05, 0) is 18.2 Å². The van der Waals surface area contributed by atoms with Crippen LogP contribution in [0.2, 0.25) is 0 Å². The van der Waals surface area contributed by atoms with Crippen molar-refractivity contribution >= 4 is 11.7 Å². The highest BCUT2D eigenvalue weighted by Gasteiger charge is 2.30. The van der Waals surface area contributed by atoms with Gasteiger partial charge in [-0.1, -0.05) is 12.1 Å². The van der Waals surface area contributed by atoms with Crippen LogP contribution in [-0.2, 0) is 10.9 Å². The first-order chi connectivity index (χ1) is 9.84. The summed E-state index contributed by atoms with van der Waals surface area (Å²) in [6.07, 6.45) is -3.07. The Hall–Kier alpha value is -2.57. The summed E-state index contributed by atoms with van der Waals surface area (Å²) in [5, 5.41) is 0. The third-order valence-corrected chi connectivity index (χ3v) is 2.88. The number of pyridine rings is 1. The Morgan fingerprint density at radius 3 is 2.33 bits per heavy atom. The van der Waals surface area contributed by atoms with Gasteiger partial charge < -0.3 is 10.5 Å². The second-order valence-corrected chi connectivity index (χ2v) is 4.19. The molecule has 110 valence electrons. The molecule has 0 spiro atoms. The summed E-state index contributed by atoms with van der Waals surface area (Å²) in [5.74, 6) is -0.636. The first kappa shape index (κ1) is 14.8. The topological polar surface area (TPSA) is 65.2 Å². The van der Waals surface area contributed by atoms with Gasteiger partial charge in [0.15, 0.2) is 0 Å². The van der Waals surface area contributed by atoms with E-state index < -0.39 is 17.7 Å². The maximum Gasteiger partial charge on any atom is 0.416 e. The number of carbonyl (C=O) groups is 1. The highest BCUT2D eigenvalue weighted by molar-refractivity contribution is 5.98. The van der Waals surface area contributed by atoms with Crippen molar-refractivity contribution in [2.45, 2.75) is 6.18 Å². The third-order valence-electron chi connectivity index (χ3n) is 2.88. The molecule has 4 nitrogen and oxygen atoms in total. The van der Waals surface area contributed by atoms with Gasteiger partial charge in [0.1, 0.15) is 0 Å². The summed E-state index contributed by atoms with van der Waals surface area (Å²) < 4.78 is 42.1. The predicted molar refractivity (Wildman–Crippen MR) is 70.4 cm³/mol. The Labute approximate surface area is 118 Å². The van der Waals surface area contributed by atoms with Gasteiger partial charge >= 0.3 is 12.1 Å². The second kappa shape index (κ2) is 5.43. The monoisotopic (exact) mass is 296 g/mol. The zero-order valence-corrected chi connectivity index (χ0v) is 10.9. The van der Waals surface area contributed by atoms with Gasteiger partial charge in [0.25, 0.3) is 0 Å². The van der Waals surface area contributed by atoms with Gasteiger partial charge in [0.05, 0.1) is 29.6 Å². The van der Waals surface area contributed by atoms with Crippen molar-refractivity contribution in [2.24, 2.45) is 0 Å². The van der Waals surface area contributed by atoms with Crippen molar-refractivity contribution in [2.75, 3.05) is 12.8 Å². The molecule has 0 saturated heterocycles. The van der Waals surface area contributed by atoms with E-state index in [0.717, 1.165) is 12.1 Å². The molecule has 1 aromatic heterocycles. The standard InChI is InChI=1S/C14H11F3N2O2/c1-21-13(20)10-6-7-19-12(11(10)18)8-2-4-9(5-3-8)14(15,16)17/h2-7H,18H2,1H3. The number of aromatic nitrogens is 1. The summed E-state index contributed by atoms with van der Waals surface area (Å²) >= 11 is 0. The molecule has 0 atom stereocenters. The summed E-state index contributed by atoms with van der Waals surface area (Å²) in [5.41, 5.74) is 5.84. The van der Waals surface area contributed by atoms with Crippen LogP contribution in [0.3, 0.4) is 0 Å². The zero-order chi connectivity index (χ0) is 15.6. The summed E-state index contributed by atoms with van der Waals surface area (Å²) in [4.78, 5) is 15.5. The highest BCUT2D eigenvalue weighted by Crippen LogP contribution is 2.32. The van der Waals surface area contributed by atoms with Crippen LogP contribution in [0.1, 0.15) is 15.9 Å². The first-order valence-electron chi connectivity index (χ1n) is 5.85. The number of rotatable bonds is 2. The van der Waals surface area contributed by atoms with E-state index in [1.165, 1.54) is 31.5 Å². The van der Waals surface area contributed by atoms with Crippen LogP contribution in [0, 0.1) is 0 Å². The first-order valence-corrected chi connectivity index (χ1v) is 5.85. The molecular weight excluding hydrogens is 285 g/mol. The molecule has 0 bridgehead atoms. The van der Waals surface area contributed by atoms with E-state index in [2.05, 4.69) is 9.72 Å². The van der Waals surface area contributed by atoms with Crippen molar-refractivity contribution < 1.29 is 22.7 Å². The number of halogens is 3. The van der Waals surface area contributed by atoms with Crippen molar-refractivity contribution in [1.29, 1.82) is 0 Å². The van der Waals surface area contributed by atoms with E-state index in [1.54, 1.807) is 0 Å². The van der Waals surface area contributed by atoms with Crippen LogP contribution in [0.4, 0.5) is 18.9 Å². The summed E-state index contributed by atoms with van der Waals surface area (Å²) in [7, 11) is 1.21. The molecule has 0 radical (unpaired) electrons. The fraction of sp³-hybridized carbons (Fsp3) is 0.143. The van der Waals surface area contributed by atoms with E-state index in [9.17, 15) is 18.0 Å². The van der Waals surface area contributed by atoms with E-state index >= 15 is 0 Å². The molecule has 1 heterocycles. The van der Waals surface area contributed by atoms with Crippen molar-refractivity contribution in [3.8, 4) is 11.3 Å². The zero-order valence-electron chi connectivity index (χ0n) is 10.9.